The Morgan fingerprint density at radius 3 is 2.24 bits per heavy atom. The first kappa shape index (κ1) is 20.7. The molecule has 1 atom stereocenters. The van der Waals surface area contributed by atoms with E-state index in [9.17, 15) is 22.8 Å². The molecule has 5 nitrogen and oxygen atoms in total. The van der Waals surface area contributed by atoms with Gasteiger partial charge in [-0.05, 0) is 38.7 Å². The number of carboxylic acids is 1. The number of carbonyl (C=O) groups excluding carboxylic acids is 1. The molecule has 0 saturated heterocycles. The van der Waals surface area contributed by atoms with E-state index in [4.69, 9.17) is 5.11 Å². The van der Waals surface area contributed by atoms with Crippen LogP contribution in [0.15, 0.2) is 35.9 Å². The Labute approximate surface area is 144 Å². The van der Waals surface area contributed by atoms with Crippen LogP contribution in [0.1, 0.15) is 30.5 Å². The van der Waals surface area contributed by atoms with Crippen LogP contribution >= 0.6 is 0 Å². The molecule has 0 saturated carbocycles. The molecule has 0 radical (unpaired) electrons. The molecule has 0 bridgehead atoms. The van der Waals surface area contributed by atoms with Gasteiger partial charge in [0, 0.05) is 12.1 Å². The smallest absolute Gasteiger partial charge is 0.416 e. The summed E-state index contributed by atoms with van der Waals surface area (Å²) in [5.74, 6) is -1.70. The predicted octanol–water partition coefficient (Wildman–Crippen LogP) is 2.85. The van der Waals surface area contributed by atoms with Gasteiger partial charge in [-0.25, -0.2) is 4.79 Å². The summed E-state index contributed by atoms with van der Waals surface area (Å²) < 4.78 is 37.6. The molecule has 2 N–H and O–H groups in total. The highest BCUT2D eigenvalue weighted by Crippen LogP contribution is 2.29. The van der Waals surface area contributed by atoms with Crippen molar-refractivity contribution in [1.29, 1.82) is 0 Å². The van der Waals surface area contributed by atoms with Gasteiger partial charge in [0.1, 0.15) is 0 Å². The predicted molar refractivity (Wildman–Crippen MR) is 86.9 cm³/mol. The molecule has 1 aromatic rings. The van der Waals surface area contributed by atoms with Gasteiger partial charge in [0.05, 0.1) is 18.0 Å². The number of carbonyl (C=O) groups is 2. The molecule has 1 aromatic carbocycles. The molecular formula is C17H21F3N2O3. The van der Waals surface area contributed by atoms with Crippen LogP contribution < -0.4 is 5.32 Å². The minimum Gasteiger partial charge on any atom is -0.478 e. The Balaban J connectivity index is 2.72. The number of hydrogen-bond donors (Lipinski definition) is 2. The number of halogens is 3. The van der Waals surface area contributed by atoms with Crippen LogP contribution in [-0.4, -0.2) is 42.5 Å². The van der Waals surface area contributed by atoms with Crippen LogP contribution in [0.5, 0.6) is 0 Å². The molecule has 0 aromatic heterocycles. The van der Waals surface area contributed by atoms with Gasteiger partial charge in [0.15, 0.2) is 0 Å². The lowest BCUT2D eigenvalue weighted by atomic mass is 10.1. The molecule has 0 fully saturated rings. The summed E-state index contributed by atoms with van der Waals surface area (Å²) in [5, 5.41) is 11.7. The van der Waals surface area contributed by atoms with Crippen molar-refractivity contribution in [2.75, 3.05) is 20.6 Å². The number of benzene rings is 1. The van der Waals surface area contributed by atoms with E-state index in [0.29, 0.717) is 12.1 Å². The fourth-order valence-corrected chi connectivity index (χ4v) is 2.04. The Morgan fingerprint density at radius 1 is 1.24 bits per heavy atom. The van der Waals surface area contributed by atoms with Gasteiger partial charge in [0.25, 0.3) is 0 Å². The topological polar surface area (TPSA) is 69.6 Å². The van der Waals surface area contributed by atoms with Gasteiger partial charge < -0.3 is 15.3 Å². The average molecular weight is 358 g/mol. The minimum absolute atomic E-state index is 0.0363. The number of nitrogens with zero attached hydrogens (tertiary/aromatic N) is 1. The summed E-state index contributed by atoms with van der Waals surface area (Å²) in [6, 6.07) is 3.91. The maximum atomic E-state index is 12.5. The highest BCUT2D eigenvalue weighted by atomic mass is 19.4. The Morgan fingerprint density at radius 2 is 1.80 bits per heavy atom. The number of alkyl halides is 3. The van der Waals surface area contributed by atoms with Gasteiger partial charge in [-0.3, -0.25) is 4.79 Å². The lowest BCUT2D eigenvalue weighted by Crippen LogP contribution is -2.28. The average Bonchev–Trinajstić information content (AvgIpc) is 2.50. The minimum atomic E-state index is -4.42. The van der Waals surface area contributed by atoms with E-state index in [-0.39, 0.29) is 12.0 Å². The number of likely N-dealkylation sites (N-methyl/N-ethyl adjacent to an activating group) is 1. The fraction of sp³-hybridized carbons (Fsp3) is 0.412. The molecule has 0 aliphatic rings. The highest BCUT2D eigenvalue weighted by Gasteiger charge is 2.30. The van der Waals surface area contributed by atoms with Crippen LogP contribution in [0.2, 0.25) is 0 Å². The zero-order chi connectivity index (χ0) is 19.2. The molecule has 1 rings (SSSR count). The number of aliphatic carboxylic acids is 1. The number of carboxylic acid groups (broad SMARTS) is 1. The van der Waals surface area contributed by atoms with E-state index in [1.807, 2.05) is 0 Å². The van der Waals surface area contributed by atoms with Crippen molar-refractivity contribution in [2.45, 2.75) is 25.6 Å². The maximum Gasteiger partial charge on any atom is 0.416 e. The maximum absolute atomic E-state index is 12.5. The molecule has 138 valence electrons. The van der Waals surface area contributed by atoms with Crippen molar-refractivity contribution in [1.82, 2.24) is 10.2 Å². The van der Waals surface area contributed by atoms with Crippen LogP contribution in [0.3, 0.4) is 0 Å². The van der Waals surface area contributed by atoms with Gasteiger partial charge >= 0.3 is 12.1 Å². The number of amides is 1. The lowest BCUT2D eigenvalue weighted by molar-refractivity contribution is -0.137. The molecule has 0 aliphatic heterocycles. The van der Waals surface area contributed by atoms with Crippen LogP contribution in [-0.2, 0) is 15.8 Å². The molecule has 0 heterocycles. The normalized spacial score (nSPS) is 13.6. The lowest BCUT2D eigenvalue weighted by Gasteiger charge is -2.16. The molecule has 25 heavy (non-hydrogen) atoms. The molecule has 1 amide bonds. The van der Waals surface area contributed by atoms with Crippen molar-refractivity contribution in [3.05, 3.63) is 47.0 Å². The second-order valence-corrected chi connectivity index (χ2v) is 5.88. The molecule has 8 heteroatoms. The summed E-state index contributed by atoms with van der Waals surface area (Å²) in [6.07, 6.45) is -3.28. The van der Waals surface area contributed by atoms with Crippen molar-refractivity contribution < 1.29 is 27.9 Å². The quantitative estimate of drug-likeness (QED) is 0.736. The zero-order valence-corrected chi connectivity index (χ0v) is 14.2. The first-order valence-electron chi connectivity index (χ1n) is 7.54. The van der Waals surface area contributed by atoms with E-state index >= 15 is 0 Å². The molecular weight excluding hydrogens is 337 g/mol. The van der Waals surface area contributed by atoms with Crippen molar-refractivity contribution in [3.8, 4) is 0 Å². The Bertz CT molecular complexity index is 638. The third-order valence-electron chi connectivity index (χ3n) is 3.44. The zero-order valence-electron chi connectivity index (χ0n) is 14.2. The SMILES string of the molecule is C[C@H](NC(=O)C/C(=C\CN(C)C)C(=O)O)c1ccc(C(F)(F)F)cc1. The number of rotatable bonds is 7. The van der Waals surface area contributed by atoms with Crippen molar-refractivity contribution >= 4 is 11.9 Å². The standard InChI is InChI=1S/C17H21F3N2O3/c1-11(12-4-6-14(7-5-12)17(18,19)20)21-15(23)10-13(16(24)25)8-9-22(2)3/h4-8,11H,9-10H2,1-3H3,(H,21,23)(H,24,25)/b13-8+/t11-/m0/s1. The first-order chi connectivity index (χ1) is 11.5. The first-order valence-corrected chi connectivity index (χ1v) is 7.54. The molecule has 0 aliphatic carbocycles. The van der Waals surface area contributed by atoms with Gasteiger partial charge in [0.2, 0.25) is 5.91 Å². The van der Waals surface area contributed by atoms with E-state index < -0.39 is 29.7 Å². The van der Waals surface area contributed by atoms with Crippen LogP contribution in [0.4, 0.5) is 13.2 Å². The Kier molecular flexibility index (Phi) is 7.17. The number of hydrogen-bond acceptors (Lipinski definition) is 3. The molecule has 0 spiro atoms. The number of nitrogens with one attached hydrogen (secondary N) is 1. The van der Waals surface area contributed by atoms with Gasteiger partial charge in [-0.1, -0.05) is 18.2 Å². The van der Waals surface area contributed by atoms with Crippen LogP contribution in [0, 0.1) is 0 Å². The highest BCUT2D eigenvalue weighted by molar-refractivity contribution is 5.94. The second kappa shape index (κ2) is 8.66. The largest absolute Gasteiger partial charge is 0.478 e. The Hall–Kier alpha value is -2.35. The van der Waals surface area contributed by atoms with E-state index in [1.165, 1.54) is 18.2 Å². The summed E-state index contributed by atoms with van der Waals surface area (Å²) in [6.45, 7) is 1.99. The van der Waals surface area contributed by atoms with E-state index in [0.717, 1.165) is 12.1 Å². The third-order valence-corrected chi connectivity index (χ3v) is 3.44. The monoisotopic (exact) mass is 358 g/mol. The summed E-state index contributed by atoms with van der Waals surface area (Å²) in [7, 11) is 3.53. The van der Waals surface area contributed by atoms with E-state index in [2.05, 4.69) is 5.32 Å². The van der Waals surface area contributed by atoms with Crippen LogP contribution in [0.25, 0.3) is 0 Å². The molecule has 0 unspecified atom stereocenters. The van der Waals surface area contributed by atoms with Gasteiger partial charge in [-0.15, -0.1) is 0 Å². The second-order valence-electron chi connectivity index (χ2n) is 5.88. The van der Waals surface area contributed by atoms with Gasteiger partial charge in [-0.2, -0.15) is 13.2 Å². The summed E-state index contributed by atoms with van der Waals surface area (Å²) >= 11 is 0. The van der Waals surface area contributed by atoms with Crippen molar-refractivity contribution in [3.63, 3.8) is 0 Å². The van der Waals surface area contributed by atoms with Crippen molar-refractivity contribution in [2.24, 2.45) is 0 Å². The fourth-order valence-electron chi connectivity index (χ4n) is 2.04. The van der Waals surface area contributed by atoms with E-state index in [1.54, 1.807) is 25.9 Å². The summed E-state index contributed by atoms with van der Waals surface area (Å²) in [4.78, 5) is 24.9. The third kappa shape index (κ3) is 6.96. The summed E-state index contributed by atoms with van der Waals surface area (Å²) in [5.41, 5.74) is -0.309.